The average molecular weight is 540 g/mol. The topological polar surface area (TPSA) is 58.4 Å². The largest absolute Gasteiger partial charge is 0.481 e. The van der Waals surface area contributed by atoms with Crippen molar-refractivity contribution in [3.63, 3.8) is 0 Å². The number of hydrogen-bond donors (Lipinski definition) is 1. The fourth-order valence-electron chi connectivity index (χ4n) is 7.72. The minimum atomic E-state index is -0.565. The highest BCUT2D eigenvalue weighted by Gasteiger charge is 2.43. The molecule has 0 radical (unpaired) electrons. The molecule has 3 aliphatic rings. The molecule has 0 spiro atoms. The number of likely N-dealkylation sites (tertiary alicyclic amines) is 1. The Morgan fingerprint density at radius 1 is 0.975 bits per heavy atom. The first-order chi connectivity index (χ1) is 19.6. The number of aromatic nitrogens is 2. The van der Waals surface area contributed by atoms with Gasteiger partial charge < -0.3 is 10.0 Å². The van der Waals surface area contributed by atoms with Crippen molar-refractivity contribution < 1.29 is 9.90 Å². The molecule has 2 saturated carbocycles. The third kappa shape index (κ3) is 6.35. The molecule has 2 heterocycles. The van der Waals surface area contributed by atoms with Gasteiger partial charge in [-0.15, -0.1) is 0 Å². The lowest BCUT2D eigenvalue weighted by Gasteiger charge is -2.35. The predicted molar refractivity (Wildman–Crippen MR) is 159 cm³/mol. The van der Waals surface area contributed by atoms with Crippen LogP contribution in [0.3, 0.4) is 0 Å². The number of aliphatic carboxylic acids is 1. The Morgan fingerprint density at radius 3 is 2.33 bits per heavy atom. The smallest absolute Gasteiger partial charge is 0.306 e. The van der Waals surface area contributed by atoms with E-state index in [1.54, 1.807) is 0 Å². The van der Waals surface area contributed by atoms with E-state index in [-0.39, 0.29) is 5.92 Å². The van der Waals surface area contributed by atoms with E-state index >= 15 is 0 Å². The van der Waals surface area contributed by atoms with Crippen LogP contribution in [-0.4, -0.2) is 45.4 Å². The lowest BCUT2D eigenvalue weighted by molar-refractivity contribution is -0.144. The molecule has 2 aromatic carbocycles. The van der Waals surface area contributed by atoms with Crippen molar-refractivity contribution in [3.05, 3.63) is 89.2 Å². The number of carboxylic acid groups (broad SMARTS) is 1. The van der Waals surface area contributed by atoms with E-state index in [4.69, 9.17) is 5.10 Å². The third-order valence-electron chi connectivity index (χ3n) is 10.0. The molecule has 0 amide bonds. The summed E-state index contributed by atoms with van der Waals surface area (Å²) in [5.74, 6) is 1.77. The van der Waals surface area contributed by atoms with Gasteiger partial charge in [-0.1, -0.05) is 73.5 Å². The number of benzene rings is 2. The molecule has 1 aromatic heterocycles. The zero-order valence-corrected chi connectivity index (χ0v) is 24.0. The summed E-state index contributed by atoms with van der Waals surface area (Å²) in [6, 6.07) is 23.9. The number of rotatable bonds is 11. The molecule has 1 saturated heterocycles. The first-order valence-electron chi connectivity index (χ1n) is 15.7. The van der Waals surface area contributed by atoms with Crippen LogP contribution in [0.5, 0.6) is 0 Å². The van der Waals surface area contributed by atoms with E-state index in [0.29, 0.717) is 29.6 Å². The van der Waals surface area contributed by atoms with E-state index in [1.807, 2.05) is 0 Å². The Kier molecular flexibility index (Phi) is 8.38. The zero-order valence-electron chi connectivity index (χ0n) is 24.0. The molecular weight excluding hydrogens is 494 g/mol. The number of hydrogen-bond acceptors (Lipinski definition) is 3. The molecule has 5 heteroatoms. The van der Waals surface area contributed by atoms with Crippen LogP contribution in [0.1, 0.15) is 86.2 Å². The maximum absolute atomic E-state index is 12.3. The fourth-order valence-corrected chi connectivity index (χ4v) is 7.72. The summed E-state index contributed by atoms with van der Waals surface area (Å²) in [5.41, 5.74) is 5.29. The van der Waals surface area contributed by atoms with Crippen LogP contribution in [0, 0.1) is 23.7 Å². The summed E-state index contributed by atoms with van der Waals surface area (Å²) in [7, 11) is 0. The van der Waals surface area contributed by atoms with Crippen molar-refractivity contribution in [3.8, 4) is 0 Å². The number of carboxylic acids is 1. The highest BCUT2D eigenvalue weighted by atomic mass is 16.4. The van der Waals surface area contributed by atoms with Gasteiger partial charge in [-0.3, -0.25) is 9.48 Å². The van der Waals surface area contributed by atoms with E-state index in [9.17, 15) is 9.90 Å². The summed E-state index contributed by atoms with van der Waals surface area (Å²) >= 11 is 0. The molecular formula is C35H45N3O2. The van der Waals surface area contributed by atoms with Gasteiger partial charge >= 0.3 is 5.97 Å². The number of piperidine rings is 1. The molecule has 2 unspecified atom stereocenters. The summed E-state index contributed by atoms with van der Waals surface area (Å²) in [6.45, 7) is 6.43. The molecule has 1 aliphatic heterocycles. The van der Waals surface area contributed by atoms with Gasteiger partial charge in [0.15, 0.2) is 0 Å². The van der Waals surface area contributed by atoms with Crippen LogP contribution in [0.25, 0.3) is 0 Å². The quantitative estimate of drug-likeness (QED) is 0.285. The number of nitrogens with zero attached hydrogens (tertiary/aromatic N) is 3. The van der Waals surface area contributed by atoms with Crippen LogP contribution in [0.4, 0.5) is 0 Å². The summed E-state index contributed by atoms with van der Waals surface area (Å²) in [5, 5.41) is 15.1. The molecule has 0 bridgehead atoms. The highest BCUT2D eigenvalue weighted by molar-refractivity contribution is 5.70. The van der Waals surface area contributed by atoms with E-state index in [1.165, 1.54) is 48.2 Å². The normalized spacial score (nSPS) is 24.8. The van der Waals surface area contributed by atoms with Gasteiger partial charge in [0, 0.05) is 31.1 Å². The molecule has 1 N–H and O–H groups in total. The highest BCUT2D eigenvalue weighted by Crippen LogP contribution is 2.49. The van der Waals surface area contributed by atoms with E-state index < -0.39 is 5.97 Å². The van der Waals surface area contributed by atoms with Gasteiger partial charge in [0.05, 0.1) is 11.6 Å². The Labute approximate surface area is 239 Å². The van der Waals surface area contributed by atoms with Crippen molar-refractivity contribution in [1.29, 1.82) is 0 Å². The molecule has 2 aliphatic carbocycles. The van der Waals surface area contributed by atoms with Gasteiger partial charge in [0.2, 0.25) is 0 Å². The average Bonchev–Trinajstić information content (AvgIpc) is 3.58. The van der Waals surface area contributed by atoms with Crippen molar-refractivity contribution in [2.24, 2.45) is 23.7 Å². The van der Waals surface area contributed by atoms with Crippen LogP contribution in [0.2, 0.25) is 0 Å². The van der Waals surface area contributed by atoms with E-state index in [0.717, 1.165) is 51.9 Å². The fraction of sp³-hybridized carbons (Fsp3) is 0.543. The van der Waals surface area contributed by atoms with Gasteiger partial charge in [-0.2, -0.15) is 5.10 Å². The van der Waals surface area contributed by atoms with Gasteiger partial charge in [0.25, 0.3) is 0 Å². The standard InChI is InChI=1S/C35H45N3O2/c1-2-38-34(23-31(36-38)19-25-9-5-3-6-10-25)28-15-17-37(18-16-28)24-30-21-29(33(35(39)40)20-26-13-14-26)22-32(30)27-11-7-4-8-12-27/h3-12,23,26,28-30,32-33H,2,13-22,24H2,1H3,(H,39,40)/t29?,30-,32-,33?/m1/s1. The van der Waals surface area contributed by atoms with Crippen molar-refractivity contribution in [1.82, 2.24) is 14.7 Å². The Hall–Kier alpha value is -2.92. The van der Waals surface area contributed by atoms with Gasteiger partial charge in [-0.05, 0) is 93.0 Å². The first-order valence-corrected chi connectivity index (χ1v) is 15.7. The van der Waals surface area contributed by atoms with Crippen LogP contribution >= 0.6 is 0 Å². The molecule has 5 nitrogen and oxygen atoms in total. The van der Waals surface area contributed by atoms with Gasteiger partial charge in [-0.25, -0.2) is 0 Å². The SMILES string of the molecule is CCn1nc(Cc2ccccc2)cc1C1CCN(C[C@H]2CC(C(CC3CC3)C(=O)O)C[C@@H]2c2ccccc2)CC1. The second kappa shape index (κ2) is 12.3. The van der Waals surface area contributed by atoms with Crippen molar-refractivity contribution in [2.75, 3.05) is 19.6 Å². The zero-order chi connectivity index (χ0) is 27.5. The second-order valence-corrected chi connectivity index (χ2v) is 12.7. The van der Waals surface area contributed by atoms with Crippen molar-refractivity contribution in [2.45, 2.75) is 76.7 Å². The van der Waals surface area contributed by atoms with Gasteiger partial charge in [0.1, 0.15) is 0 Å². The van der Waals surface area contributed by atoms with Crippen molar-refractivity contribution >= 4 is 5.97 Å². The molecule has 3 fully saturated rings. The lowest BCUT2D eigenvalue weighted by atomic mass is 9.85. The minimum Gasteiger partial charge on any atom is -0.481 e. The summed E-state index contributed by atoms with van der Waals surface area (Å²) in [6.07, 6.45) is 8.63. The lowest BCUT2D eigenvalue weighted by Crippen LogP contribution is -2.37. The summed E-state index contributed by atoms with van der Waals surface area (Å²) < 4.78 is 2.23. The first kappa shape index (κ1) is 27.3. The van der Waals surface area contributed by atoms with Crippen LogP contribution in [0.15, 0.2) is 66.7 Å². The maximum Gasteiger partial charge on any atom is 0.306 e. The number of carbonyl (C=O) groups is 1. The predicted octanol–water partition coefficient (Wildman–Crippen LogP) is 6.98. The molecule has 6 rings (SSSR count). The second-order valence-electron chi connectivity index (χ2n) is 12.7. The number of aryl methyl sites for hydroxylation is 1. The molecule has 3 aromatic rings. The molecule has 212 valence electrons. The molecule has 40 heavy (non-hydrogen) atoms. The van der Waals surface area contributed by atoms with E-state index in [2.05, 4.69) is 83.2 Å². The molecule has 4 atom stereocenters. The van der Waals surface area contributed by atoms with Crippen LogP contribution < -0.4 is 0 Å². The Morgan fingerprint density at radius 2 is 1.68 bits per heavy atom. The monoisotopic (exact) mass is 539 g/mol. The van der Waals surface area contributed by atoms with Crippen LogP contribution in [-0.2, 0) is 17.8 Å². The Bertz CT molecular complexity index is 1240. The Balaban J connectivity index is 1.11. The summed E-state index contributed by atoms with van der Waals surface area (Å²) in [4.78, 5) is 15.0. The minimum absolute atomic E-state index is 0.172. The third-order valence-corrected chi connectivity index (χ3v) is 10.0. The maximum atomic E-state index is 12.3.